The van der Waals surface area contributed by atoms with Gasteiger partial charge >= 0.3 is 0 Å². The molecule has 1 unspecified atom stereocenters. The number of para-hydroxylation sites is 1. The van der Waals surface area contributed by atoms with E-state index in [1.54, 1.807) is 7.11 Å². The van der Waals surface area contributed by atoms with Crippen molar-refractivity contribution in [2.45, 2.75) is 39.7 Å². The summed E-state index contributed by atoms with van der Waals surface area (Å²) in [7, 11) is 3.77. The average molecular weight is 235 g/mol. The number of ether oxygens (including phenoxy) is 1. The van der Waals surface area contributed by atoms with Gasteiger partial charge in [-0.25, -0.2) is 0 Å². The minimum Gasteiger partial charge on any atom is -0.496 e. The van der Waals surface area contributed by atoms with E-state index in [2.05, 4.69) is 38.2 Å². The molecule has 0 spiro atoms. The molecule has 96 valence electrons. The number of hydrogen-bond donors (Lipinski definition) is 1. The van der Waals surface area contributed by atoms with E-state index < -0.39 is 0 Å². The van der Waals surface area contributed by atoms with E-state index in [0.29, 0.717) is 6.04 Å². The van der Waals surface area contributed by atoms with Gasteiger partial charge in [0, 0.05) is 6.04 Å². The molecule has 0 aliphatic carbocycles. The molecule has 0 saturated carbocycles. The lowest BCUT2D eigenvalue weighted by molar-refractivity contribution is 0.239. The van der Waals surface area contributed by atoms with Crippen LogP contribution in [0.5, 0.6) is 5.75 Å². The Hall–Kier alpha value is -1.02. The fraction of sp³-hybridized carbons (Fsp3) is 0.600. The number of benzene rings is 1. The van der Waals surface area contributed by atoms with E-state index in [1.807, 2.05) is 19.2 Å². The smallest absolute Gasteiger partial charge is 0.122 e. The molecule has 0 aromatic heterocycles. The van der Waals surface area contributed by atoms with Crippen LogP contribution < -0.4 is 10.1 Å². The van der Waals surface area contributed by atoms with Crippen molar-refractivity contribution >= 4 is 0 Å². The first kappa shape index (κ1) is 14.0. The summed E-state index contributed by atoms with van der Waals surface area (Å²) >= 11 is 0. The van der Waals surface area contributed by atoms with Gasteiger partial charge in [-0.2, -0.15) is 0 Å². The van der Waals surface area contributed by atoms with Gasteiger partial charge in [0.2, 0.25) is 0 Å². The van der Waals surface area contributed by atoms with E-state index in [4.69, 9.17) is 4.74 Å². The lowest BCUT2D eigenvalue weighted by atomic mass is 9.79. The van der Waals surface area contributed by atoms with Gasteiger partial charge < -0.3 is 10.1 Å². The molecule has 1 aromatic carbocycles. The van der Waals surface area contributed by atoms with Gasteiger partial charge in [0.15, 0.2) is 0 Å². The van der Waals surface area contributed by atoms with E-state index in [9.17, 15) is 0 Å². The van der Waals surface area contributed by atoms with Crippen LogP contribution in [0.25, 0.3) is 0 Å². The molecule has 0 bridgehead atoms. The first-order valence-corrected chi connectivity index (χ1v) is 6.34. The Labute approximate surface area is 105 Å². The van der Waals surface area contributed by atoms with Crippen LogP contribution in [0.3, 0.4) is 0 Å². The number of methoxy groups -OCH3 is 1. The summed E-state index contributed by atoms with van der Waals surface area (Å²) in [5.41, 5.74) is 1.56. The van der Waals surface area contributed by atoms with Crippen molar-refractivity contribution in [2.75, 3.05) is 14.2 Å². The third-order valence-electron chi connectivity index (χ3n) is 3.82. The average Bonchev–Trinajstić information content (AvgIpc) is 2.36. The van der Waals surface area contributed by atoms with Crippen molar-refractivity contribution in [3.05, 3.63) is 29.8 Å². The van der Waals surface area contributed by atoms with Crippen molar-refractivity contribution in [3.63, 3.8) is 0 Å². The topological polar surface area (TPSA) is 21.3 Å². The SMILES string of the molecule is CCC(C)(C)C(Cc1ccccc1OC)NC. The Bertz CT molecular complexity index is 347. The molecule has 1 atom stereocenters. The van der Waals surface area contributed by atoms with Crippen LogP contribution >= 0.6 is 0 Å². The molecule has 0 aliphatic rings. The largest absolute Gasteiger partial charge is 0.496 e. The summed E-state index contributed by atoms with van der Waals surface area (Å²) < 4.78 is 5.41. The van der Waals surface area contributed by atoms with Crippen LogP contribution in [0.1, 0.15) is 32.8 Å². The van der Waals surface area contributed by atoms with Gasteiger partial charge in [-0.15, -0.1) is 0 Å². The standard InChI is InChI=1S/C15H25NO/c1-6-15(2,3)14(16-4)11-12-9-7-8-10-13(12)17-5/h7-10,14,16H,6,11H2,1-5H3. The van der Waals surface area contributed by atoms with Crippen LogP contribution in [0, 0.1) is 5.41 Å². The highest BCUT2D eigenvalue weighted by molar-refractivity contribution is 5.34. The lowest BCUT2D eigenvalue weighted by Crippen LogP contribution is -2.41. The zero-order valence-corrected chi connectivity index (χ0v) is 11.7. The second-order valence-electron chi connectivity index (χ2n) is 5.20. The van der Waals surface area contributed by atoms with Gasteiger partial charge in [0.1, 0.15) is 5.75 Å². The summed E-state index contributed by atoms with van der Waals surface area (Å²) in [6, 6.07) is 8.73. The molecular formula is C15H25NO. The van der Waals surface area contributed by atoms with Crippen molar-refractivity contribution in [1.82, 2.24) is 5.32 Å². The maximum absolute atomic E-state index is 5.41. The van der Waals surface area contributed by atoms with Crippen molar-refractivity contribution in [2.24, 2.45) is 5.41 Å². The van der Waals surface area contributed by atoms with Crippen LogP contribution in [0.4, 0.5) is 0 Å². The molecule has 0 saturated heterocycles. The lowest BCUT2D eigenvalue weighted by Gasteiger charge is -2.33. The monoisotopic (exact) mass is 235 g/mol. The van der Waals surface area contributed by atoms with Gasteiger partial charge in [-0.1, -0.05) is 39.0 Å². The van der Waals surface area contributed by atoms with Crippen molar-refractivity contribution in [1.29, 1.82) is 0 Å². The highest BCUT2D eigenvalue weighted by Crippen LogP contribution is 2.29. The Balaban J connectivity index is 2.88. The second kappa shape index (κ2) is 6.06. The molecule has 1 N–H and O–H groups in total. The van der Waals surface area contributed by atoms with Crippen molar-refractivity contribution in [3.8, 4) is 5.75 Å². The van der Waals surface area contributed by atoms with E-state index >= 15 is 0 Å². The van der Waals surface area contributed by atoms with Crippen LogP contribution in [-0.4, -0.2) is 20.2 Å². The van der Waals surface area contributed by atoms with Gasteiger partial charge in [0.25, 0.3) is 0 Å². The molecule has 1 rings (SSSR count). The van der Waals surface area contributed by atoms with Crippen molar-refractivity contribution < 1.29 is 4.74 Å². The summed E-state index contributed by atoms with van der Waals surface area (Å²) in [4.78, 5) is 0. The highest BCUT2D eigenvalue weighted by atomic mass is 16.5. The van der Waals surface area contributed by atoms with Crippen LogP contribution in [-0.2, 0) is 6.42 Å². The fourth-order valence-corrected chi connectivity index (χ4v) is 2.11. The maximum atomic E-state index is 5.41. The first-order valence-electron chi connectivity index (χ1n) is 6.34. The second-order valence-corrected chi connectivity index (χ2v) is 5.20. The summed E-state index contributed by atoms with van der Waals surface area (Å²) in [5, 5.41) is 3.44. The van der Waals surface area contributed by atoms with E-state index in [1.165, 1.54) is 5.56 Å². The maximum Gasteiger partial charge on any atom is 0.122 e. The zero-order valence-electron chi connectivity index (χ0n) is 11.7. The molecule has 0 amide bonds. The Morgan fingerprint density at radius 1 is 1.29 bits per heavy atom. The number of likely N-dealkylation sites (N-methyl/N-ethyl adjacent to an activating group) is 1. The third kappa shape index (κ3) is 3.47. The molecule has 0 aliphatic heterocycles. The summed E-state index contributed by atoms with van der Waals surface area (Å²) in [5.74, 6) is 0.986. The van der Waals surface area contributed by atoms with Gasteiger partial charge in [-0.3, -0.25) is 0 Å². The van der Waals surface area contributed by atoms with Gasteiger partial charge in [0.05, 0.1) is 7.11 Å². The fourth-order valence-electron chi connectivity index (χ4n) is 2.11. The molecule has 2 nitrogen and oxygen atoms in total. The Morgan fingerprint density at radius 3 is 2.47 bits per heavy atom. The molecule has 1 aromatic rings. The summed E-state index contributed by atoms with van der Waals surface area (Å²) in [6.45, 7) is 6.86. The molecule has 17 heavy (non-hydrogen) atoms. The van der Waals surface area contributed by atoms with Crippen LogP contribution in [0.2, 0.25) is 0 Å². The number of hydrogen-bond acceptors (Lipinski definition) is 2. The number of nitrogens with one attached hydrogen (secondary N) is 1. The molecular weight excluding hydrogens is 210 g/mol. The van der Waals surface area contributed by atoms with E-state index in [0.717, 1.165) is 18.6 Å². The summed E-state index contributed by atoms with van der Waals surface area (Å²) in [6.07, 6.45) is 2.16. The first-order chi connectivity index (χ1) is 8.05. The quantitative estimate of drug-likeness (QED) is 0.817. The normalized spacial score (nSPS) is 13.5. The minimum atomic E-state index is 0.287. The van der Waals surface area contributed by atoms with Crippen LogP contribution in [0.15, 0.2) is 24.3 Å². The Kier molecular flexibility index (Phi) is 5.01. The molecule has 2 heteroatoms. The zero-order chi connectivity index (χ0) is 12.9. The van der Waals surface area contributed by atoms with E-state index in [-0.39, 0.29) is 5.41 Å². The number of rotatable bonds is 6. The predicted octanol–water partition coefficient (Wildman–Crippen LogP) is 3.26. The molecule has 0 heterocycles. The molecule has 0 fully saturated rings. The molecule has 0 radical (unpaired) electrons. The van der Waals surface area contributed by atoms with Gasteiger partial charge in [-0.05, 0) is 36.9 Å². The minimum absolute atomic E-state index is 0.287. The predicted molar refractivity (Wildman–Crippen MR) is 73.6 cm³/mol. The Morgan fingerprint density at radius 2 is 1.94 bits per heavy atom. The third-order valence-corrected chi connectivity index (χ3v) is 3.82. The highest BCUT2D eigenvalue weighted by Gasteiger charge is 2.27.